The highest BCUT2D eigenvalue weighted by Gasteiger charge is 2.30. The van der Waals surface area contributed by atoms with E-state index in [2.05, 4.69) is 31.4 Å². The molecule has 3 heteroatoms. The van der Waals surface area contributed by atoms with Crippen LogP contribution in [0.1, 0.15) is 40.0 Å². The second-order valence-electron chi connectivity index (χ2n) is 4.69. The van der Waals surface area contributed by atoms with Gasteiger partial charge in [0.2, 0.25) is 5.91 Å². The Kier molecular flexibility index (Phi) is 5.09. The fourth-order valence-electron chi connectivity index (χ4n) is 2.23. The first-order valence-electron chi connectivity index (χ1n) is 6.15. The normalized spacial score (nSPS) is 30.5. The average Bonchev–Trinajstić information content (AvgIpc) is 2.50. The molecular formula is C12H24N2O. The van der Waals surface area contributed by atoms with Crippen LogP contribution in [-0.2, 0) is 4.79 Å². The Balaban J connectivity index is 2.20. The Hall–Kier alpha value is -0.570. The quantitative estimate of drug-likeness (QED) is 0.679. The van der Waals surface area contributed by atoms with E-state index in [1.165, 1.54) is 6.42 Å². The van der Waals surface area contributed by atoms with Gasteiger partial charge < -0.3 is 10.6 Å². The average molecular weight is 212 g/mol. The van der Waals surface area contributed by atoms with Gasteiger partial charge in [-0.15, -0.1) is 0 Å². The summed E-state index contributed by atoms with van der Waals surface area (Å²) in [5.74, 6) is 1.58. The number of carbonyl (C=O) groups excluding carboxylic acids is 1. The van der Waals surface area contributed by atoms with Gasteiger partial charge in [-0.25, -0.2) is 0 Å². The minimum Gasteiger partial charge on any atom is -0.353 e. The summed E-state index contributed by atoms with van der Waals surface area (Å²) < 4.78 is 0. The van der Waals surface area contributed by atoms with Crippen molar-refractivity contribution in [3.05, 3.63) is 0 Å². The van der Waals surface area contributed by atoms with Gasteiger partial charge in [-0.05, 0) is 31.2 Å². The highest BCUT2D eigenvalue weighted by atomic mass is 16.1. The lowest BCUT2D eigenvalue weighted by Gasteiger charge is -2.19. The summed E-state index contributed by atoms with van der Waals surface area (Å²) in [6, 6.07) is 0.411. The first-order valence-corrected chi connectivity index (χ1v) is 6.15. The van der Waals surface area contributed by atoms with E-state index in [-0.39, 0.29) is 5.91 Å². The molecule has 1 aliphatic rings. The van der Waals surface area contributed by atoms with Crippen molar-refractivity contribution in [3.8, 4) is 0 Å². The number of hydrogen-bond donors (Lipinski definition) is 2. The smallest absolute Gasteiger partial charge is 0.221 e. The van der Waals surface area contributed by atoms with Crippen LogP contribution < -0.4 is 10.6 Å². The zero-order chi connectivity index (χ0) is 11.3. The zero-order valence-electron chi connectivity index (χ0n) is 10.2. The molecule has 1 fully saturated rings. The molecule has 0 bridgehead atoms. The predicted octanol–water partition coefficient (Wildman–Crippen LogP) is 1.54. The molecule has 2 N–H and O–H groups in total. The first-order chi connectivity index (χ1) is 7.15. The Labute approximate surface area is 93.0 Å². The van der Waals surface area contributed by atoms with Gasteiger partial charge in [0.25, 0.3) is 0 Å². The van der Waals surface area contributed by atoms with Crippen LogP contribution in [0.4, 0.5) is 0 Å². The van der Waals surface area contributed by atoms with Crippen molar-refractivity contribution < 1.29 is 4.79 Å². The summed E-state index contributed by atoms with van der Waals surface area (Å²) in [6.07, 6.45) is 3.00. The molecule has 0 spiro atoms. The van der Waals surface area contributed by atoms with Gasteiger partial charge in [-0.2, -0.15) is 0 Å². The maximum absolute atomic E-state index is 11.6. The van der Waals surface area contributed by atoms with E-state index < -0.39 is 0 Å². The molecule has 1 saturated carbocycles. The van der Waals surface area contributed by atoms with E-state index in [0.717, 1.165) is 25.4 Å². The molecule has 3 unspecified atom stereocenters. The molecule has 0 aliphatic heterocycles. The summed E-state index contributed by atoms with van der Waals surface area (Å²) >= 11 is 0. The molecule has 1 aliphatic carbocycles. The highest BCUT2D eigenvalue weighted by molar-refractivity contribution is 5.76. The molecule has 0 heterocycles. The SMILES string of the molecule is CCNCCC(=O)NC1CCC(C)C1C. The highest BCUT2D eigenvalue weighted by Crippen LogP contribution is 2.30. The monoisotopic (exact) mass is 212 g/mol. The summed E-state index contributed by atoms with van der Waals surface area (Å²) in [6.45, 7) is 8.30. The molecule has 0 aromatic carbocycles. The van der Waals surface area contributed by atoms with E-state index in [1.54, 1.807) is 0 Å². The van der Waals surface area contributed by atoms with E-state index >= 15 is 0 Å². The van der Waals surface area contributed by atoms with Gasteiger partial charge in [-0.3, -0.25) is 4.79 Å². The zero-order valence-corrected chi connectivity index (χ0v) is 10.2. The van der Waals surface area contributed by atoms with Crippen LogP contribution in [-0.4, -0.2) is 25.0 Å². The van der Waals surface area contributed by atoms with Crippen LogP contribution in [0.5, 0.6) is 0 Å². The fourth-order valence-corrected chi connectivity index (χ4v) is 2.23. The number of amides is 1. The first kappa shape index (κ1) is 12.5. The second-order valence-corrected chi connectivity index (χ2v) is 4.69. The van der Waals surface area contributed by atoms with Gasteiger partial charge in [0.1, 0.15) is 0 Å². The van der Waals surface area contributed by atoms with Crippen molar-refractivity contribution in [1.82, 2.24) is 10.6 Å². The van der Waals surface area contributed by atoms with Crippen molar-refractivity contribution in [2.75, 3.05) is 13.1 Å². The third-order valence-corrected chi connectivity index (χ3v) is 3.59. The van der Waals surface area contributed by atoms with Crippen LogP contribution in [0.3, 0.4) is 0 Å². The largest absolute Gasteiger partial charge is 0.353 e. The second kappa shape index (κ2) is 6.11. The number of carbonyl (C=O) groups is 1. The van der Waals surface area contributed by atoms with E-state index in [1.807, 2.05) is 0 Å². The van der Waals surface area contributed by atoms with Gasteiger partial charge in [0, 0.05) is 19.0 Å². The molecule has 88 valence electrons. The Morgan fingerprint density at radius 1 is 1.33 bits per heavy atom. The van der Waals surface area contributed by atoms with Crippen LogP contribution in [0.25, 0.3) is 0 Å². The molecular weight excluding hydrogens is 188 g/mol. The fraction of sp³-hybridized carbons (Fsp3) is 0.917. The summed E-state index contributed by atoms with van der Waals surface area (Å²) in [4.78, 5) is 11.6. The minimum absolute atomic E-state index is 0.196. The molecule has 0 aromatic rings. The molecule has 0 radical (unpaired) electrons. The van der Waals surface area contributed by atoms with Crippen LogP contribution in [0, 0.1) is 11.8 Å². The van der Waals surface area contributed by atoms with E-state index in [4.69, 9.17) is 0 Å². The molecule has 3 nitrogen and oxygen atoms in total. The lowest BCUT2D eigenvalue weighted by molar-refractivity contribution is -0.121. The van der Waals surface area contributed by atoms with Crippen molar-refractivity contribution in [1.29, 1.82) is 0 Å². The number of rotatable bonds is 5. The van der Waals surface area contributed by atoms with Gasteiger partial charge in [0.15, 0.2) is 0 Å². The summed E-state index contributed by atoms with van der Waals surface area (Å²) in [5, 5.41) is 6.30. The lowest BCUT2D eigenvalue weighted by atomic mass is 9.98. The van der Waals surface area contributed by atoms with Gasteiger partial charge >= 0.3 is 0 Å². The molecule has 15 heavy (non-hydrogen) atoms. The maximum Gasteiger partial charge on any atom is 0.221 e. The molecule has 0 saturated heterocycles. The lowest BCUT2D eigenvalue weighted by Crippen LogP contribution is -2.38. The third-order valence-electron chi connectivity index (χ3n) is 3.59. The topological polar surface area (TPSA) is 41.1 Å². The minimum atomic E-state index is 0.196. The molecule has 1 amide bonds. The molecule has 3 atom stereocenters. The third kappa shape index (κ3) is 3.82. The summed E-state index contributed by atoms with van der Waals surface area (Å²) in [7, 11) is 0. The number of nitrogens with one attached hydrogen (secondary N) is 2. The summed E-state index contributed by atoms with van der Waals surface area (Å²) in [5.41, 5.74) is 0. The number of hydrogen-bond acceptors (Lipinski definition) is 2. The van der Waals surface area contributed by atoms with Crippen molar-refractivity contribution in [2.45, 2.75) is 46.1 Å². The van der Waals surface area contributed by atoms with Crippen LogP contribution in [0.2, 0.25) is 0 Å². The molecule has 1 rings (SSSR count). The van der Waals surface area contributed by atoms with Crippen LogP contribution >= 0.6 is 0 Å². The Morgan fingerprint density at radius 2 is 2.07 bits per heavy atom. The Bertz CT molecular complexity index is 206. The standard InChI is InChI=1S/C12H24N2O/c1-4-13-8-7-12(15)14-11-6-5-9(2)10(11)3/h9-11,13H,4-8H2,1-3H3,(H,14,15). The van der Waals surface area contributed by atoms with Crippen molar-refractivity contribution in [3.63, 3.8) is 0 Å². The van der Waals surface area contributed by atoms with Gasteiger partial charge in [0.05, 0.1) is 0 Å². The Morgan fingerprint density at radius 3 is 2.60 bits per heavy atom. The predicted molar refractivity (Wildman–Crippen MR) is 62.7 cm³/mol. The van der Waals surface area contributed by atoms with Crippen LogP contribution in [0.15, 0.2) is 0 Å². The van der Waals surface area contributed by atoms with Crippen molar-refractivity contribution >= 4 is 5.91 Å². The van der Waals surface area contributed by atoms with E-state index in [0.29, 0.717) is 18.4 Å². The van der Waals surface area contributed by atoms with Gasteiger partial charge in [-0.1, -0.05) is 20.8 Å². The van der Waals surface area contributed by atoms with E-state index in [9.17, 15) is 4.79 Å². The molecule has 0 aromatic heterocycles. The van der Waals surface area contributed by atoms with Crippen molar-refractivity contribution in [2.24, 2.45) is 11.8 Å². The maximum atomic E-state index is 11.6.